The van der Waals surface area contributed by atoms with Crippen LogP contribution in [0.25, 0.3) is 0 Å². The molecule has 0 aromatic carbocycles. The van der Waals surface area contributed by atoms with Crippen LogP contribution < -0.4 is 11.1 Å². The van der Waals surface area contributed by atoms with Crippen LogP contribution in [-0.2, 0) is 16.1 Å². The molecule has 25 heavy (non-hydrogen) atoms. The van der Waals surface area contributed by atoms with Crippen LogP contribution >= 0.6 is 0 Å². The molecule has 2 aromatic rings. The van der Waals surface area contributed by atoms with Crippen molar-refractivity contribution in [2.24, 2.45) is 11.1 Å². The first-order valence-corrected chi connectivity index (χ1v) is 8.50. The molecule has 2 atom stereocenters. The third kappa shape index (κ3) is 3.17. The summed E-state index contributed by atoms with van der Waals surface area (Å²) in [5.74, 6) is -0.197. The number of aromatic nitrogens is 3. The Morgan fingerprint density at radius 1 is 1.44 bits per heavy atom. The van der Waals surface area contributed by atoms with Gasteiger partial charge in [0, 0.05) is 37.0 Å². The number of rotatable bonds is 6. The molecule has 2 aromatic heterocycles. The van der Waals surface area contributed by atoms with Crippen molar-refractivity contribution in [2.45, 2.75) is 45.4 Å². The summed E-state index contributed by atoms with van der Waals surface area (Å²) in [5.41, 5.74) is 6.76. The van der Waals surface area contributed by atoms with Crippen molar-refractivity contribution >= 4 is 11.6 Å². The monoisotopic (exact) mass is 343 g/mol. The lowest BCUT2D eigenvalue weighted by atomic mass is 9.54. The Morgan fingerprint density at radius 2 is 2.16 bits per heavy atom. The maximum absolute atomic E-state index is 12.7. The zero-order chi connectivity index (χ0) is 18.1. The van der Waals surface area contributed by atoms with E-state index in [0.717, 1.165) is 5.56 Å². The first-order valence-electron chi connectivity index (χ1n) is 8.50. The Balaban J connectivity index is 1.64. The van der Waals surface area contributed by atoms with Gasteiger partial charge in [0.05, 0.1) is 24.5 Å². The number of hydrogen-bond acceptors (Lipinski definition) is 5. The summed E-state index contributed by atoms with van der Waals surface area (Å²) in [6.07, 6.45) is 7.44. The minimum Gasteiger partial charge on any atom is -0.378 e. The molecule has 1 aliphatic rings. The number of nitrogens with two attached hydrogens (primary N) is 1. The van der Waals surface area contributed by atoms with Gasteiger partial charge in [-0.05, 0) is 24.6 Å². The van der Waals surface area contributed by atoms with Gasteiger partial charge < -0.3 is 15.8 Å². The molecular formula is C18H25N5O2. The first kappa shape index (κ1) is 17.6. The number of carbonyl (C=O) groups is 1. The molecule has 3 N–H and O–H groups in total. The fourth-order valence-electron chi connectivity index (χ4n) is 3.25. The van der Waals surface area contributed by atoms with E-state index in [4.69, 9.17) is 10.5 Å². The van der Waals surface area contributed by atoms with E-state index in [-0.39, 0.29) is 12.0 Å². The average Bonchev–Trinajstić information content (AvgIpc) is 3.02. The molecule has 1 saturated carbocycles. The van der Waals surface area contributed by atoms with Crippen LogP contribution in [0.2, 0.25) is 0 Å². The molecule has 0 radical (unpaired) electrons. The van der Waals surface area contributed by atoms with Gasteiger partial charge in [-0.3, -0.25) is 14.5 Å². The largest absolute Gasteiger partial charge is 0.378 e. The number of amides is 1. The van der Waals surface area contributed by atoms with Gasteiger partial charge >= 0.3 is 0 Å². The summed E-state index contributed by atoms with van der Waals surface area (Å²) in [5, 5.41) is 7.18. The molecule has 1 aliphatic carbocycles. The fraction of sp³-hybridized carbons (Fsp3) is 0.500. The highest BCUT2D eigenvalue weighted by atomic mass is 16.5. The zero-order valence-electron chi connectivity index (χ0n) is 14.9. The summed E-state index contributed by atoms with van der Waals surface area (Å²) in [6, 6.07) is 3.86. The molecule has 0 aliphatic heterocycles. The van der Waals surface area contributed by atoms with Crippen LogP contribution in [0, 0.1) is 5.41 Å². The van der Waals surface area contributed by atoms with E-state index < -0.39 is 11.0 Å². The van der Waals surface area contributed by atoms with Crippen LogP contribution in [0.3, 0.4) is 0 Å². The van der Waals surface area contributed by atoms with E-state index in [0.29, 0.717) is 25.3 Å². The second-order valence-electron chi connectivity index (χ2n) is 7.08. The third-order valence-corrected chi connectivity index (χ3v) is 5.22. The number of nitrogens with zero attached hydrogens (tertiary/aromatic N) is 3. The molecule has 0 bridgehead atoms. The fourth-order valence-corrected chi connectivity index (χ4v) is 3.25. The predicted octanol–water partition coefficient (Wildman–Crippen LogP) is 1.80. The van der Waals surface area contributed by atoms with Gasteiger partial charge in [0.15, 0.2) is 0 Å². The normalized spacial score (nSPS) is 24.6. The first-order chi connectivity index (χ1) is 11.9. The van der Waals surface area contributed by atoms with Gasteiger partial charge in [0.2, 0.25) is 5.91 Å². The molecule has 0 saturated heterocycles. The Kier molecular flexibility index (Phi) is 4.62. The Hall–Kier alpha value is -2.25. The summed E-state index contributed by atoms with van der Waals surface area (Å²) in [6.45, 7) is 7.13. The molecule has 3 rings (SSSR count). The van der Waals surface area contributed by atoms with Gasteiger partial charge in [0.25, 0.3) is 0 Å². The molecule has 7 nitrogen and oxygen atoms in total. The lowest BCUT2D eigenvalue weighted by Gasteiger charge is -2.57. The maximum atomic E-state index is 12.7. The highest BCUT2D eigenvalue weighted by Gasteiger charge is 2.62. The smallest absolute Gasteiger partial charge is 0.245 e. The topological polar surface area (TPSA) is 95.1 Å². The molecule has 134 valence electrons. The number of anilines is 1. The maximum Gasteiger partial charge on any atom is 0.245 e. The van der Waals surface area contributed by atoms with E-state index in [1.165, 1.54) is 0 Å². The van der Waals surface area contributed by atoms with E-state index in [2.05, 4.69) is 15.4 Å². The number of ether oxygens (including phenoxy) is 1. The SMILES string of the molecule is CCOC1CC(N)(C(=O)Nc2cnn(Cc3ccncc3)c2)C1(C)C. The predicted molar refractivity (Wildman–Crippen MR) is 94.9 cm³/mol. The van der Waals surface area contributed by atoms with Gasteiger partial charge in [-0.2, -0.15) is 5.10 Å². The number of carbonyl (C=O) groups excluding carboxylic acids is 1. The molecule has 0 spiro atoms. The van der Waals surface area contributed by atoms with E-state index >= 15 is 0 Å². The Bertz CT molecular complexity index is 743. The van der Waals surface area contributed by atoms with Crippen molar-refractivity contribution in [3.05, 3.63) is 42.5 Å². The van der Waals surface area contributed by atoms with Gasteiger partial charge in [0.1, 0.15) is 5.54 Å². The van der Waals surface area contributed by atoms with Crippen LogP contribution in [0.1, 0.15) is 32.8 Å². The standard InChI is InChI=1S/C18H25N5O2/c1-4-25-15-9-18(19,17(15,2)3)16(24)22-14-10-21-23(12-14)11-13-5-7-20-8-6-13/h5-8,10,12,15H,4,9,11,19H2,1-3H3,(H,22,24). The summed E-state index contributed by atoms with van der Waals surface area (Å²) in [4.78, 5) is 16.7. The molecule has 7 heteroatoms. The average molecular weight is 343 g/mol. The summed E-state index contributed by atoms with van der Waals surface area (Å²) in [7, 11) is 0. The molecule has 1 amide bonds. The van der Waals surface area contributed by atoms with Crippen LogP contribution in [0.4, 0.5) is 5.69 Å². The molecule has 1 fully saturated rings. The Morgan fingerprint density at radius 3 is 2.80 bits per heavy atom. The lowest BCUT2D eigenvalue weighted by Crippen LogP contribution is -2.74. The van der Waals surface area contributed by atoms with E-state index in [1.54, 1.807) is 29.5 Å². The van der Waals surface area contributed by atoms with Gasteiger partial charge in [-0.25, -0.2) is 0 Å². The number of pyridine rings is 1. The molecular weight excluding hydrogens is 318 g/mol. The van der Waals surface area contributed by atoms with Crippen molar-refractivity contribution in [1.82, 2.24) is 14.8 Å². The van der Waals surface area contributed by atoms with Crippen LogP contribution in [0.5, 0.6) is 0 Å². The number of hydrogen-bond donors (Lipinski definition) is 2. The molecule has 2 heterocycles. The quantitative estimate of drug-likeness (QED) is 0.834. The third-order valence-electron chi connectivity index (χ3n) is 5.22. The minimum atomic E-state index is -0.944. The van der Waals surface area contributed by atoms with Crippen molar-refractivity contribution in [1.29, 1.82) is 0 Å². The highest BCUT2D eigenvalue weighted by molar-refractivity contribution is 5.99. The second-order valence-corrected chi connectivity index (χ2v) is 7.08. The van der Waals surface area contributed by atoms with E-state index in [9.17, 15) is 4.79 Å². The van der Waals surface area contributed by atoms with Crippen molar-refractivity contribution in [3.8, 4) is 0 Å². The lowest BCUT2D eigenvalue weighted by molar-refractivity contribution is -0.166. The summed E-state index contributed by atoms with van der Waals surface area (Å²) < 4.78 is 7.44. The van der Waals surface area contributed by atoms with Gasteiger partial charge in [-0.1, -0.05) is 13.8 Å². The second kappa shape index (κ2) is 6.57. The Labute approximate surface area is 147 Å². The van der Waals surface area contributed by atoms with Crippen molar-refractivity contribution in [3.63, 3.8) is 0 Å². The zero-order valence-corrected chi connectivity index (χ0v) is 14.9. The van der Waals surface area contributed by atoms with E-state index in [1.807, 2.05) is 32.9 Å². The van der Waals surface area contributed by atoms with Crippen molar-refractivity contribution < 1.29 is 9.53 Å². The van der Waals surface area contributed by atoms with Gasteiger partial charge in [-0.15, -0.1) is 0 Å². The van der Waals surface area contributed by atoms with Crippen molar-refractivity contribution in [2.75, 3.05) is 11.9 Å². The van der Waals surface area contributed by atoms with Crippen LogP contribution in [0.15, 0.2) is 36.9 Å². The van der Waals surface area contributed by atoms with Crippen LogP contribution in [-0.4, -0.2) is 38.9 Å². The molecule has 2 unspecified atom stereocenters. The summed E-state index contributed by atoms with van der Waals surface area (Å²) >= 11 is 0. The highest BCUT2D eigenvalue weighted by Crippen LogP contribution is 2.50. The minimum absolute atomic E-state index is 0.00247. The number of nitrogens with one attached hydrogen (secondary N) is 1.